The molecule has 0 radical (unpaired) electrons. The molecular weight excluding hydrogens is 398 g/mol. The van der Waals surface area contributed by atoms with Crippen molar-refractivity contribution in [2.45, 2.75) is 26.8 Å². The summed E-state index contributed by atoms with van der Waals surface area (Å²) < 4.78 is 10.9. The zero-order chi connectivity index (χ0) is 22.4. The molecule has 1 heterocycles. The number of imide groups is 1. The van der Waals surface area contributed by atoms with Crippen molar-refractivity contribution in [3.63, 3.8) is 0 Å². The Bertz CT molecular complexity index is 927. The molecule has 164 valence electrons. The standard InChI is InChI=1S/C23H27N3O5/c1-4-30-19-9-11-20(12-10-19)31-14-13-24-21(27)15-25-22(28)17(3)26(23(25)29)18-7-5-16(2)6-8-18/h5-12,17H,4,13-15H2,1-3H3,(H,24,27)/t17-/m1/s1. The highest BCUT2D eigenvalue weighted by Gasteiger charge is 2.43. The monoisotopic (exact) mass is 425 g/mol. The third kappa shape index (κ3) is 5.33. The third-order valence-electron chi connectivity index (χ3n) is 4.89. The van der Waals surface area contributed by atoms with Crippen LogP contribution >= 0.6 is 0 Å². The smallest absolute Gasteiger partial charge is 0.332 e. The molecule has 1 saturated heterocycles. The fourth-order valence-electron chi connectivity index (χ4n) is 3.27. The normalized spacial score (nSPS) is 15.9. The van der Waals surface area contributed by atoms with Gasteiger partial charge in [-0.05, 0) is 57.2 Å². The lowest BCUT2D eigenvalue weighted by atomic mass is 10.2. The molecule has 1 atom stereocenters. The highest BCUT2D eigenvalue weighted by atomic mass is 16.5. The van der Waals surface area contributed by atoms with E-state index in [1.807, 2.05) is 38.1 Å². The Morgan fingerprint density at radius 2 is 1.61 bits per heavy atom. The van der Waals surface area contributed by atoms with Crippen molar-refractivity contribution in [3.05, 3.63) is 54.1 Å². The van der Waals surface area contributed by atoms with Crippen molar-refractivity contribution in [1.82, 2.24) is 10.2 Å². The van der Waals surface area contributed by atoms with Gasteiger partial charge in [0.05, 0.1) is 13.2 Å². The first kappa shape index (κ1) is 22.1. The van der Waals surface area contributed by atoms with E-state index >= 15 is 0 Å². The molecule has 1 aliphatic heterocycles. The van der Waals surface area contributed by atoms with Gasteiger partial charge in [-0.15, -0.1) is 0 Å². The first-order valence-electron chi connectivity index (χ1n) is 10.2. The lowest BCUT2D eigenvalue weighted by molar-refractivity contribution is -0.131. The van der Waals surface area contributed by atoms with E-state index in [0.717, 1.165) is 16.2 Å². The Balaban J connectivity index is 1.48. The number of aryl methyl sites for hydroxylation is 1. The summed E-state index contributed by atoms with van der Waals surface area (Å²) in [5.74, 6) is 0.600. The number of ether oxygens (including phenoxy) is 2. The van der Waals surface area contributed by atoms with Gasteiger partial charge in [0, 0.05) is 5.69 Å². The van der Waals surface area contributed by atoms with Crippen LogP contribution in [0.1, 0.15) is 19.4 Å². The Hall–Kier alpha value is -3.55. The number of amides is 4. The summed E-state index contributed by atoms with van der Waals surface area (Å²) in [6.45, 7) is 6.29. The lowest BCUT2D eigenvalue weighted by Gasteiger charge is -2.19. The minimum absolute atomic E-state index is 0.249. The van der Waals surface area contributed by atoms with Crippen molar-refractivity contribution < 1.29 is 23.9 Å². The number of nitrogens with one attached hydrogen (secondary N) is 1. The molecule has 0 saturated carbocycles. The number of nitrogens with zero attached hydrogens (tertiary/aromatic N) is 2. The average molecular weight is 425 g/mol. The molecule has 4 amide bonds. The van der Waals surface area contributed by atoms with Gasteiger partial charge in [-0.25, -0.2) is 4.79 Å². The molecule has 8 nitrogen and oxygen atoms in total. The van der Waals surface area contributed by atoms with Crippen molar-refractivity contribution in [3.8, 4) is 11.5 Å². The van der Waals surface area contributed by atoms with E-state index in [1.165, 1.54) is 4.90 Å². The van der Waals surface area contributed by atoms with E-state index in [9.17, 15) is 14.4 Å². The maximum Gasteiger partial charge on any atom is 0.332 e. The topological polar surface area (TPSA) is 88.2 Å². The molecule has 31 heavy (non-hydrogen) atoms. The first-order valence-corrected chi connectivity index (χ1v) is 10.2. The molecule has 0 unspecified atom stereocenters. The number of benzene rings is 2. The van der Waals surface area contributed by atoms with Crippen molar-refractivity contribution >= 4 is 23.5 Å². The predicted molar refractivity (Wildman–Crippen MR) is 116 cm³/mol. The minimum atomic E-state index is -0.661. The van der Waals surface area contributed by atoms with Crippen LogP contribution in [0.25, 0.3) is 0 Å². The molecular formula is C23H27N3O5. The van der Waals surface area contributed by atoms with Crippen LogP contribution in [0.15, 0.2) is 48.5 Å². The van der Waals surface area contributed by atoms with Crippen molar-refractivity contribution in [2.24, 2.45) is 0 Å². The maximum absolute atomic E-state index is 12.8. The summed E-state index contributed by atoms with van der Waals surface area (Å²) in [5, 5.41) is 2.68. The summed E-state index contributed by atoms with van der Waals surface area (Å²) in [6.07, 6.45) is 0. The maximum atomic E-state index is 12.8. The highest BCUT2D eigenvalue weighted by Crippen LogP contribution is 2.25. The number of rotatable bonds is 9. The van der Waals surface area contributed by atoms with Crippen LogP contribution in [-0.2, 0) is 9.59 Å². The van der Waals surface area contributed by atoms with E-state index in [1.54, 1.807) is 31.2 Å². The van der Waals surface area contributed by atoms with Crippen molar-refractivity contribution in [1.29, 1.82) is 0 Å². The van der Waals surface area contributed by atoms with Gasteiger partial charge in [0.15, 0.2) is 0 Å². The number of carbonyl (C=O) groups excluding carboxylic acids is 3. The number of anilines is 1. The molecule has 1 N–H and O–H groups in total. The van der Waals surface area contributed by atoms with E-state index in [-0.39, 0.29) is 19.7 Å². The molecule has 0 spiro atoms. The molecule has 0 bridgehead atoms. The van der Waals surface area contributed by atoms with Gasteiger partial charge in [0.1, 0.15) is 30.7 Å². The number of carbonyl (C=O) groups is 3. The average Bonchev–Trinajstić information content (AvgIpc) is 2.96. The summed E-state index contributed by atoms with van der Waals surface area (Å²) in [4.78, 5) is 39.9. The van der Waals surface area contributed by atoms with Crippen LogP contribution in [-0.4, -0.2) is 55.1 Å². The SMILES string of the molecule is CCOc1ccc(OCCNC(=O)CN2C(=O)[C@@H](C)N(c3ccc(C)cc3)C2=O)cc1. The Morgan fingerprint density at radius 1 is 1.00 bits per heavy atom. The van der Waals surface area contributed by atoms with Crippen LogP contribution in [0.2, 0.25) is 0 Å². The van der Waals surface area contributed by atoms with E-state index in [2.05, 4.69) is 5.32 Å². The summed E-state index contributed by atoms with van der Waals surface area (Å²) >= 11 is 0. The Labute approximate surface area is 181 Å². The second-order valence-corrected chi connectivity index (χ2v) is 7.19. The zero-order valence-electron chi connectivity index (χ0n) is 18.0. The fraction of sp³-hybridized carbons (Fsp3) is 0.348. The highest BCUT2D eigenvalue weighted by molar-refractivity contribution is 6.15. The molecule has 8 heteroatoms. The molecule has 0 aliphatic carbocycles. The summed E-state index contributed by atoms with van der Waals surface area (Å²) in [5.41, 5.74) is 1.68. The van der Waals surface area contributed by atoms with Gasteiger partial charge in [0.2, 0.25) is 5.91 Å². The number of urea groups is 1. The lowest BCUT2D eigenvalue weighted by Crippen LogP contribution is -2.42. The van der Waals surface area contributed by atoms with E-state index < -0.39 is 23.9 Å². The van der Waals surface area contributed by atoms with Crippen LogP contribution in [0.3, 0.4) is 0 Å². The van der Waals surface area contributed by atoms with Gasteiger partial charge in [-0.2, -0.15) is 0 Å². The molecule has 2 aromatic carbocycles. The van der Waals surface area contributed by atoms with Gasteiger partial charge >= 0.3 is 6.03 Å². The second kappa shape index (κ2) is 9.97. The van der Waals surface area contributed by atoms with Crippen LogP contribution in [0.5, 0.6) is 11.5 Å². The van der Waals surface area contributed by atoms with Crippen molar-refractivity contribution in [2.75, 3.05) is 31.2 Å². The van der Waals surface area contributed by atoms with Gasteiger partial charge in [-0.1, -0.05) is 17.7 Å². The van der Waals surface area contributed by atoms with Gasteiger partial charge in [-0.3, -0.25) is 19.4 Å². The minimum Gasteiger partial charge on any atom is -0.494 e. The number of hydrogen-bond acceptors (Lipinski definition) is 5. The van der Waals surface area contributed by atoms with E-state index in [0.29, 0.717) is 18.0 Å². The second-order valence-electron chi connectivity index (χ2n) is 7.19. The predicted octanol–water partition coefficient (Wildman–Crippen LogP) is 2.75. The molecule has 3 rings (SSSR count). The summed E-state index contributed by atoms with van der Waals surface area (Å²) in [7, 11) is 0. The number of hydrogen-bond donors (Lipinski definition) is 1. The van der Waals surface area contributed by atoms with Crippen LogP contribution in [0, 0.1) is 6.92 Å². The summed E-state index contributed by atoms with van der Waals surface area (Å²) in [6, 6.07) is 13.4. The van der Waals surface area contributed by atoms with Gasteiger partial charge < -0.3 is 14.8 Å². The van der Waals surface area contributed by atoms with Gasteiger partial charge in [0.25, 0.3) is 5.91 Å². The third-order valence-corrected chi connectivity index (χ3v) is 4.89. The first-order chi connectivity index (χ1) is 14.9. The van der Waals surface area contributed by atoms with E-state index in [4.69, 9.17) is 9.47 Å². The molecule has 0 aromatic heterocycles. The zero-order valence-corrected chi connectivity index (χ0v) is 18.0. The van der Waals surface area contributed by atoms with Crippen LogP contribution in [0.4, 0.5) is 10.5 Å². The quantitative estimate of drug-likeness (QED) is 0.493. The molecule has 1 fully saturated rings. The Morgan fingerprint density at radius 3 is 2.23 bits per heavy atom. The fourth-order valence-corrected chi connectivity index (χ4v) is 3.27. The van der Waals surface area contributed by atoms with Crippen LogP contribution < -0.4 is 19.7 Å². The Kier molecular flexibility index (Phi) is 7.12. The molecule has 2 aromatic rings. The largest absolute Gasteiger partial charge is 0.494 e. The molecule has 1 aliphatic rings.